The van der Waals surface area contributed by atoms with Crippen LogP contribution in [0.4, 0.5) is 5.95 Å². The van der Waals surface area contributed by atoms with Gasteiger partial charge in [-0.05, 0) is 49.2 Å². The van der Waals surface area contributed by atoms with Crippen LogP contribution in [0.1, 0.15) is 31.0 Å². The highest BCUT2D eigenvalue weighted by Crippen LogP contribution is 2.40. The van der Waals surface area contributed by atoms with Crippen molar-refractivity contribution < 1.29 is 9.53 Å². The molecule has 0 spiro atoms. The number of piperazine rings is 1. The minimum absolute atomic E-state index is 0.0803. The van der Waals surface area contributed by atoms with Crippen LogP contribution in [0.15, 0.2) is 90.1 Å². The molecule has 194 valence electrons. The lowest BCUT2D eigenvalue weighted by Crippen LogP contribution is -2.49. The number of fused-ring (bicyclic) bond motifs is 3. The summed E-state index contributed by atoms with van der Waals surface area (Å²) in [7, 11) is 0. The Bertz CT molecular complexity index is 1470. The van der Waals surface area contributed by atoms with Crippen molar-refractivity contribution in [3.8, 4) is 5.75 Å². The molecule has 38 heavy (non-hydrogen) atoms. The summed E-state index contributed by atoms with van der Waals surface area (Å²) in [4.78, 5) is 23.5. The molecular formula is C31H33N5O2. The van der Waals surface area contributed by atoms with E-state index in [2.05, 4.69) is 57.2 Å². The van der Waals surface area contributed by atoms with Crippen molar-refractivity contribution in [1.29, 1.82) is 0 Å². The zero-order chi connectivity index (χ0) is 26.1. The maximum absolute atomic E-state index is 14.2. The van der Waals surface area contributed by atoms with Gasteiger partial charge in [-0.3, -0.25) is 14.3 Å². The Morgan fingerprint density at radius 2 is 1.66 bits per heavy atom. The Morgan fingerprint density at radius 3 is 2.39 bits per heavy atom. The molecule has 1 fully saturated rings. The first kappa shape index (κ1) is 24.2. The number of allylic oxidation sites excluding steroid dienone is 1. The summed E-state index contributed by atoms with van der Waals surface area (Å²) < 4.78 is 7.86. The fraction of sp³-hybridized carbons (Fsp3) is 0.290. The van der Waals surface area contributed by atoms with Crippen LogP contribution < -0.4 is 10.1 Å². The van der Waals surface area contributed by atoms with E-state index in [0.29, 0.717) is 19.7 Å². The van der Waals surface area contributed by atoms with E-state index in [-0.39, 0.29) is 11.9 Å². The van der Waals surface area contributed by atoms with Gasteiger partial charge in [-0.15, -0.1) is 0 Å². The molecule has 0 unspecified atom stereocenters. The molecule has 4 aromatic rings. The molecular weight excluding hydrogens is 474 g/mol. The van der Waals surface area contributed by atoms with Gasteiger partial charge in [0.15, 0.2) is 0 Å². The Kier molecular flexibility index (Phi) is 6.60. The third-order valence-corrected chi connectivity index (χ3v) is 7.48. The number of ether oxygens (including phenoxy) is 1. The summed E-state index contributed by atoms with van der Waals surface area (Å²) in [5.41, 5.74) is 5.85. The number of imidazole rings is 1. The molecule has 3 heterocycles. The highest BCUT2D eigenvalue weighted by atomic mass is 16.5. The minimum atomic E-state index is -0.288. The summed E-state index contributed by atoms with van der Waals surface area (Å²) in [6.07, 6.45) is 0. The van der Waals surface area contributed by atoms with E-state index in [0.717, 1.165) is 59.2 Å². The summed E-state index contributed by atoms with van der Waals surface area (Å²) in [5.74, 6) is 1.66. The maximum Gasteiger partial charge on any atom is 0.254 e. The smallest absolute Gasteiger partial charge is 0.254 e. The van der Waals surface area contributed by atoms with Crippen molar-refractivity contribution in [2.75, 3.05) is 38.1 Å². The van der Waals surface area contributed by atoms with E-state index >= 15 is 0 Å². The number of hydrogen-bond acceptors (Lipinski definition) is 5. The highest BCUT2D eigenvalue weighted by Gasteiger charge is 2.36. The van der Waals surface area contributed by atoms with E-state index in [1.807, 2.05) is 55.1 Å². The van der Waals surface area contributed by atoms with Crippen LogP contribution in [0.3, 0.4) is 0 Å². The van der Waals surface area contributed by atoms with Gasteiger partial charge in [-0.2, -0.15) is 0 Å². The molecule has 1 N–H and O–H groups in total. The number of carbonyl (C=O) groups is 1. The van der Waals surface area contributed by atoms with Gasteiger partial charge in [0.05, 0.1) is 29.3 Å². The molecule has 3 aromatic carbocycles. The predicted molar refractivity (Wildman–Crippen MR) is 150 cm³/mol. The quantitative estimate of drug-likeness (QED) is 0.395. The largest absolute Gasteiger partial charge is 0.494 e. The molecule has 2 aliphatic rings. The van der Waals surface area contributed by atoms with Crippen LogP contribution in [0, 0.1) is 0 Å². The van der Waals surface area contributed by atoms with Gasteiger partial charge in [0.1, 0.15) is 5.75 Å². The third kappa shape index (κ3) is 4.54. The first-order chi connectivity index (χ1) is 18.6. The van der Waals surface area contributed by atoms with Crippen molar-refractivity contribution >= 4 is 22.9 Å². The van der Waals surface area contributed by atoms with Crippen molar-refractivity contribution in [2.45, 2.75) is 26.4 Å². The topological polar surface area (TPSA) is 62.6 Å². The van der Waals surface area contributed by atoms with Gasteiger partial charge in [0.2, 0.25) is 5.95 Å². The third-order valence-electron chi connectivity index (χ3n) is 7.48. The van der Waals surface area contributed by atoms with Crippen LogP contribution in [0.2, 0.25) is 0 Å². The lowest BCUT2D eigenvalue weighted by molar-refractivity contribution is -0.129. The molecule has 0 radical (unpaired) electrons. The summed E-state index contributed by atoms with van der Waals surface area (Å²) >= 11 is 0. The number of carbonyl (C=O) groups excluding carboxylic acids is 1. The fourth-order valence-electron chi connectivity index (χ4n) is 5.59. The summed E-state index contributed by atoms with van der Waals surface area (Å²) in [5, 5.41) is 3.44. The highest BCUT2D eigenvalue weighted by molar-refractivity contribution is 5.98. The Hall–Kier alpha value is -4.10. The number of nitrogens with zero attached hydrogens (tertiary/aromatic N) is 4. The second kappa shape index (κ2) is 10.3. The fourth-order valence-corrected chi connectivity index (χ4v) is 5.59. The lowest BCUT2D eigenvalue weighted by Gasteiger charge is -2.38. The molecule has 6 rings (SSSR count). The molecule has 0 saturated carbocycles. The molecule has 1 atom stereocenters. The summed E-state index contributed by atoms with van der Waals surface area (Å²) in [6, 6.07) is 26.4. The monoisotopic (exact) mass is 507 g/mol. The lowest BCUT2D eigenvalue weighted by atomic mass is 9.93. The number of anilines is 1. The number of amides is 1. The number of rotatable bonds is 6. The average Bonchev–Trinajstić information content (AvgIpc) is 3.31. The average molecular weight is 508 g/mol. The molecule has 2 aliphatic heterocycles. The first-order valence-electron chi connectivity index (χ1n) is 13.4. The minimum Gasteiger partial charge on any atom is -0.494 e. The van der Waals surface area contributed by atoms with E-state index in [1.54, 1.807) is 0 Å². The van der Waals surface area contributed by atoms with Gasteiger partial charge in [0.25, 0.3) is 5.91 Å². The molecule has 0 aliphatic carbocycles. The summed E-state index contributed by atoms with van der Waals surface area (Å²) in [6.45, 7) is 8.61. The number of para-hydroxylation sites is 2. The van der Waals surface area contributed by atoms with Gasteiger partial charge < -0.3 is 15.0 Å². The van der Waals surface area contributed by atoms with Gasteiger partial charge in [-0.25, -0.2) is 4.98 Å². The molecule has 0 bridgehead atoms. The van der Waals surface area contributed by atoms with E-state index in [4.69, 9.17) is 9.72 Å². The first-order valence-corrected chi connectivity index (χ1v) is 13.4. The standard InChI is InChI=1S/C31H33N5O2/c1-3-38-25-15-13-24(14-16-25)29-28(22(2)32-31-33-26-11-7-8-12-27(26)36(29)31)30(37)35-19-17-34(18-20-35)21-23-9-5-4-6-10-23/h4-16,29H,3,17-21H2,1-2H3,(H,32,33)/t29-/m1/s1. The second-order valence-electron chi connectivity index (χ2n) is 9.92. The van der Waals surface area contributed by atoms with Crippen molar-refractivity contribution in [1.82, 2.24) is 19.4 Å². The van der Waals surface area contributed by atoms with Crippen LogP contribution in [0.5, 0.6) is 5.75 Å². The van der Waals surface area contributed by atoms with E-state index in [1.165, 1.54) is 5.56 Å². The van der Waals surface area contributed by atoms with Crippen LogP contribution >= 0.6 is 0 Å². The van der Waals surface area contributed by atoms with Crippen molar-refractivity contribution in [2.24, 2.45) is 0 Å². The predicted octanol–water partition coefficient (Wildman–Crippen LogP) is 5.07. The number of hydrogen-bond donors (Lipinski definition) is 1. The van der Waals surface area contributed by atoms with E-state index in [9.17, 15) is 4.79 Å². The SMILES string of the molecule is CCOc1ccc([C@@H]2C(C(=O)N3CCN(Cc4ccccc4)CC3)=C(C)Nc3nc4ccccc4n32)cc1. The maximum atomic E-state index is 14.2. The van der Waals surface area contributed by atoms with Crippen molar-refractivity contribution in [3.05, 3.63) is 101 Å². The zero-order valence-electron chi connectivity index (χ0n) is 21.9. The van der Waals surface area contributed by atoms with Crippen molar-refractivity contribution in [3.63, 3.8) is 0 Å². The molecule has 7 heteroatoms. The normalized spacial score (nSPS) is 17.8. The number of aromatic nitrogens is 2. The molecule has 7 nitrogen and oxygen atoms in total. The molecule has 1 aromatic heterocycles. The van der Waals surface area contributed by atoms with Crippen LogP contribution in [0.25, 0.3) is 11.0 Å². The Balaban J connectivity index is 1.31. The van der Waals surface area contributed by atoms with Gasteiger partial charge >= 0.3 is 0 Å². The number of benzene rings is 3. The van der Waals surface area contributed by atoms with Crippen LogP contribution in [-0.4, -0.2) is 58.0 Å². The Morgan fingerprint density at radius 1 is 0.947 bits per heavy atom. The molecule has 1 amide bonds. The van der Waals surface area contributed by atoms with Gasteiger partial charge in [-0.1, -0.05) is 54.6 Å². The zero-order valence-corrected chi connectivity index (χ0v) is 21.9. The van der Waals surface area contributed by atoms with E-state index < -0.39 is 0 Å². The van der Waals surface area contributed by atoms with Crippen LogP contribution in [-0.2, 0) is 11.3 Å². The Labute approximate surface area is 223 Å². The molecule has 1 saturated heterocycles. The van der Waals surface area contributed by atoms with Gasteiger partial charge in [0, 0.05) is 38.4 Å². The number of nitrogens with one attached hydrogen (secondary N) is 1. The second-order valence-corrected chi connectivity index (χ2v) is 9.92.